The van der Waals surface area contributed by atoms with Crippen LogP contribution in [0.25, 0.3) is 5.69 Å². The standard InChI is InChI=1S/C16H14F2N4/c1-10-4-3-5-15(11(10)2)20-16-19-9-22(21-16)14-7-12(17)6-13(18)8-14/h3-9H,1-2H3,(H,20,21). The van der Waals surface area contributed by atoms with Gasteiger partial charge in [0.1, 0.15) is 18.0 Å². The fraction of sp³-hybridized carbons (Fsp3) is 0.125. The Morgan fingerprint density at radius 3 is 2.50 bits per heavy atom. The maximum Gasteiger partial charge on any atom is 0.246 e. The average Bonchev–Trinajstić information content (AvgIpc) is 2.91. The number of aromatic nitrogens is 3. The molecule has 3 rings (SSSR count). The molecule has 0 spiro atoms. The molecule has 0 unspecified atom stereocenters. The molecule has 1 N–H and O–H groups in total. The normalized spacial score (nSPS) is 10.7. The Bertz CT molecular complexity index is 807. The van der Waals surface area contributed by atoms with Crippen molar-refractivity contribution in [3.8, 4) is 5.69 Å². The smallest absolute Gasteiger partial charge is 0.246 e. The quantitative estimate of drug-likeness (QED) is 0.797. The second-order valence-electron chi connectivity index (χ2n) is 5.01. The Hall–Kier alpha value is -2.76. The maximum atomic E-state index is 13.2. The van der Waals surface area contributed by atoms with Crippen molar-refractivity contribution < 1.29 is 8.78 Å². The van der Waals surface area contributed by atoms with Crippen LogP contribution in [0, 0.1) is 25.5 Å². The highest BCUT2D eigenvalue weighted by Gasteiger charge is 2.08. The highest BCUT2D eigenvalue weighted by Crippen LogP contribution is 2.21. The molecule has 1 heterocycles. The number of hydrogen-bond donors (Lipinski definition) is 1. The van der Waals surface area contributed by atoms with E-state index in [0.717, 1.165) is 22.9 Å². The Balaban J connectivity index is 1.89. The van der Waals surface area contributed by atoms with E-state index in [-0.39, 0.29) is 5.69 Å². The molecule has 4 nitrogen and oxygen atoms in total. The first-order chi connectivity index (χ1) is 10.5. The first kappa shape index (κ1) is 14.2. The molecular formula is C16H14F2N4. The summed E-state index contributed by atoms with van der Waals surface area (Å²) in [6, 6.07) is 9.07. The first-order valence-electron chi connectivity index (χ1n) is 6.74. The highest BCUT2D eigenvalue weighted by atomic mass is 19.1. The van der Waals surface area contributed by atoms with Gasteiger partial charge in [0.2, 0.25) is 5.95 Å². The van der Waals surface area contributed by atoms with Gasteiger partial charge in [0.15, 0.2) is 0 Å². The summed E-state index contributed by atoms with van der Waals surface area (Å²) in [5.41, 5.74) is 3.41. The topological polar surface area (TPSA) is 42.7 Å². The predicted octanol–water partition coefficient (Wildman–Crippen LogP) is 3.91. The van der Waals surface area contributed by atoms with Crippen LogP contribution in [-0.2, 0) is 0 Å². The fourth-order valence-electron chi connectivity index (χ4n) is 2.12. The number of halogens is 2. The van der Waals surface area contributed by atoms with Gasteiger partial charge in [-0.3, -0.25) is 0 Å². The summed E-state index contributed by atoms with van der Waals surface area (Å²) in [6.07, 6.45) is 1.40. The van der Waals surface area contributed by atoms with E-state index in [1.807, 2.05) is 32.0 Å². The molecule has 0 radical (unpaired) electrons. The van der Waals surface area contributed by atoms with Gasteiger partial charge in [-0.25, -0.2) is 13.5 Å². The third-order valence-corrected chi connectivity index (χ3v) is 3.45. The first-order valence-corrected chi connectivity index (χ1v) is 6.74. The van der Waals surface area contributed by atoms with Crippen molar-refractivity contribution >= 4 is 11.6 Å². The van der Waals surface area contributed by atoms with Crippen molar-refractivity contribution in [2.45, 2.75) is 13.8 Å². The summed E-state index contributed by atoms with van der Waals surface area (Å²) in [7, 11) is 0. The molecule has 1 aromatic heterocycles. The van der Waals surface area contributed by atoms with E-state index in [0.29, 0.717) is 5.95 Å². The average molecular weight is 300 g/mol. The van der Waals surface area contributed by atoms with Crippen LogP contribution >= 0.6 is 0 Å². The zero-order valence-electron chi connectivity index (χ0n) is 12.1. The molecule has 0 aliphatic heterocycles. The minimum absolute atomic E-state index is 0.277. The molecule has 0 fully saturated rings. The molecule has 6 heteroatoms. The maximum absolute atomic E-state index is 13.2. The van der Waals surface area contributed by atoms with Crippen LogP contribution in [-0.4, -0.2) is 14.8 Å². The molecule has 0 saturated carbocycles. The number of nitrogens with zero attached hydrogens (tertiary/aromatic N) is 3. The lowest BCUT2D eigenvalue weighted by molar-refractivity contribution is 0.580. The number of nitrogens with one attached hydrogen (secondary N) is 1. The van der Waals surface area contributed by atoms with Gasteiger partial charge in [-0.2, -0.15) is 4.98 Å². The Morgan fingerprint density at radius 2 is 1.77 bits per heavy atom. The van der Waals surface area contributed by atoms with Crippen molar-refractivity contribution in [1.82, 2.24) is 14.8 Å². The lowest BCUT2D eigenvalue weighted by Gasteiger charge is -2.08. The van der Waals surface area contributed by atoms with Crippen LogP contribution in [0.2, 0.25) is 0 Å². The number of hydrogen-bond acceptors (Lipinski definition) is 3. The van der Waals surface area contributed by atoms with E-state index >= 15 is 0 Å². The van der Waals surface area contributed by atoms with Crippen LogP contribution in [0.15, 0.2) is 42.7 Å². The Labute approximate surface area is 126 Å². The SMILES string of the molecule is Cc1cccc(Nc2ncn(-c3cc(F)cc(F)c3)n2)c1C. The monoisotopic (exact) mass is 300 g/mol. The molecule has 0 bridgehead atoms. The van der Waals surface area contributed by atoms with E-state index in [9.17, 15) is 8.78 Å². The minimum Gasteiger partial charge on any atom is -0.323 e. The second-order valence-corrected chi connectivity index (χ2v) is 5.01. The number of rotatable bonds is 3. The van der Waals surface area contributed by atoms with Gasteiger partial charge < -0.3 is 5.32 Å². The molecule has 0 aliphatic rings. The molecule has 112 valence electrons. The third-order valence-electron chi connectivity index (χ3n) is 3.45. The molecular weight excluding hydrogens is 286 g/mol. The van der Waals surface area contributed by atoms with E-state index in [4.69, 9.17) is 0 Å². The van der Waals surface area contributed by atoms with Crippen LogP contribution in [0.3, 0.4) is 0 Å². The predicted molar refractivity (Wildman–Crippen MR) is 80.5 cm³/mol. The number of aryl methyl sites for hydroxylation is 1. The summed E-state index contributed by atoms with van der Waals surface area (Å²) < 4.78 is 27.8. The molecule has 0 amide bonds. The van der Waals surface area contributed by atoms with Gasteiger partial charge in [0.05, 0.1) is 5.69 Å². The molecule has 3 aromatic rings. The summed E-state index contributed by atoms with van der Waals surface area (Å²) in [4.78, 5) is 4.11. The van der Waals surface area contributed by atoms with Gasteiger partial charge >= 0.3 is 0 Å². The number of benzene rings is 2. The van der Waals surface area contributed by atoms with Gasteiger partial charge in [-0.15, -0.1) is 5.10 Å². The van der Waals surface area contributed by atoms with Crippen LogP contribution < -0.4 is 5.32 Å². The molecule has 0 saturated heterocycles. The van der Waals surface area contributed by atoms with E-state index in [1.54, 1.807) is 0 Å². The Kier molecular flexibility index (Phi) is 3.58. The zero-order chi connectivity index (χ0) is 15.7. The van der Waals surface area contributed by atoms with Gasteiger partial charge in [-0.05, 0) is 43.2 Å². The van der Waals surface area contributed by atoms with Crippen molar-refractivity contribution in [1.29, 1.82) is 0 Å². The van der Waals surface area contributed by atoms with Crippen LogP contribution in [0.5, 0.6) is 0 Å². The minimum atomic E-state index is -0.658. The van der Waals surface area contributed by atoms with Gasteiger partial charge in [0, 0.05) is 11.8 Å². The van der Waals surface area contributed by atoms with Crippen molar-refractivity contribution in [3.05, 3.63) is 65.5 Å². The van der Waals surface area contributed by atoms with E-state index < -0.39 is 11.6 Å². The highest BCUT2D eigenvalue weighted by molar-refractivity contribution is 5.59. The molecule has 2 aromatic carbocycles. The van der Waals surface area contributed by atoms with Gasteiger partial charge in [0.25, 0.3) is 0 Å². The third kappa shape index (κ3) is 2.81. The summed E-state index contributed by atoms with van der Waals surface area (Å²) >= 11 is 0. The van der Waals surface area contributed by atoms with E-state index in [2.05, 4.69) is 15.4 Å². The largest absolute Gasteiger partial charge is 0.323 e. The summed E-state index contributed by atoms with van der Waals surface area (Å²) in [5, 5.41) is 7.29. The molecule has 0 aliphatic carbocycles. The van der Waals surface area contributed by atoms with Crippen LogP contribution in [0.1, 0.15) is 11.1 Å². The zero-order valence-corrected chi connectivity index (χ0v) is 12.1. The second kappa shape index (κ2) is 5.55. The van der Waals surface area contributed by atoms with Crippen molar-refractivity contribution in [3.63, 3.8) is 0 Å². The van der Waals surface area contributed by atoms with Gasteiger partial charge in [-0.1, -0.05) is 12.1 Å². The fourth-order valence-corrected chi connectivity index (χ4v) is 2.12. The molecule has 0 atom stereocenters. The van der Waals surface area contributed by atoms with Crippen LogP contribution in [0.4, 0.5) is 20.4 Å². The summed E-state index contributed by atoms with van der Waals surface area (Å²) in [6.45, 7) is 4.01. The lowest BCUT2D eigenvalue weighted by Crippen LogP contribution is -2.00. The Morgan fingerprint density at radius 1 is 1.05 bits per heavy atom. The van der Waals surface area contributed by atoms with Crippen molar-refractivity contribution in [2.24, 2.45) is 0 Å². The molecule has 22 heavy (non-hydrogen) atoms. The van der Waals surface area contributed by atoms with Crippen molar-refractivity contribution in [2.75, 3.05) is 5.32 Å². The number of anilines is 2. The lowest BCUT2D eigenvalue weighted by atomic mass is 10.1. The van der Waals surface area contributed by atoms with E-state index in [1.165, 1.54) is 23.1 Å². The summed E-state index contributed by atoms with van der Waals surface area (Å²) in [5.74, 6) is -0.956.